The van der Waals surface area contributed by atoms with Crippen molar-refractivity contribution in [3.8, 4) is 0 Å². The second kappa shape index (κ2) is 6.19. The van der Waals surface area contributed by atoms with E-state index in [2.05, 4.69) is 15.6 Å². The molecule has 0 aliphatic heterocycles. The van der Waals surface area contributed by atoms with E-state index in [1.807, 2.05) is 0 Å². The number of benzene rings is 1. The number of aryl methyl sites for hydroxylation is 1. The van der Waals surface area contributed by atoms with Gasteiger partial charge in [-0.15, -0.1) is 5.10 Å². The van der Waals surface area contributed by atoms with E-state index in [-0.39, 0.29) is 5.91 Å². The molecule has 1 heterocycles. The maximum atomic E-state index is 11.9. The number of anilines is 1. The highest BCUT2D eigenvalue weighted by molar-refractivity contribution is 6.31. The molecule has 6 nitrogen and oxygen atoms in total. The largest absolute Gasteiger partial charge is 0.399 e. The van der Waals surface area contributed by atoms with Gasteiger partial charge < -0.3 is 11.1 Å². The second-order valence-electron chi connectivity index (χ2n) is 4.05. The SMILES string of the molecule is Nc1cc(Cl)cc(C(=O)NCCCn2ccnn2)c1. The van der Waals surface area contributed by atoms with Crippen molar-refractivity contribution in [2.24, 2.45) is 0 Å². The Morgan fingerprint density at radius 1 is 1.42 bits per heavy atom. The normalized spacial score (nSPS) is 10.4. The van der Waals surface area contributed by atoms with Gasteiger partial charge in [-0.1, -0.05) is 16.8 Å². The molecule has 7 heteroatoms. The Hall–Kier alpha value is -2.08. The molecular formula is C12H14ClN5O. The van der Waals surface area contributed by atoms with Gasteiger partial charge in [0, 0.05) is 35.6 Å². The monoisotopic (exact) mass is 279 g/mol. The van der Waals surface area contributed by atoms with Crippen LogP contribution in [0.2, 0.25) is 5.02 Å². The Balaban J connectivity index is 1.80. The standard InChI is InChI=1S/C12H14ClN5O/c13-10-6-9(7-11(14)8-10)12(19)15-2-1-4-18-5-3-16-17-18/h3,5-8H,1-2,4,14H2,(H,15,19). The van der Waals surface area contributed by atoms with Gasteiger partial charge in [0.1, 0.15) is 0 Å². The van der Waals surface area contributed by atoms with E-state index in [0.29, 0.717) is 29.4 Å². The minimum atomic E-state index is -0.187. The van der Waals surface area contributed by atoms with Crippen LogP contribution >= 0.6 is 11.6 Å². The molecule has 0 atom stereocenters. The molecular weight excluding hydrogens is 266 g/mol. The smallest absolute Gasteiger partial charge is 0.251 e. The van der Waals surface area contributed by atoms with Crippen molar-refractivity contribution in [3.63, 3.8) is 0 Å². The average Bonchev–Trinajstić information content (AvgIpc) is 2.86. The third kappa shape index (κ3) is 3.96. The molecule has 1 aromatic carbocycles. The predicted octanol–water partition coefficient (Wildman–Crippen LogP) is 1.33. The number of amides is 1. The number of halogens is 1. The summed E-state index contributed by atoms with van der Waals surface area (Å²) in [6, 6.07) is 4.78. The van der Waals surface area contributed by atoms with Crippen molar-refractivity contribution in [1.82, 2.24) is 20.3 Å². The van der Waals surface area contributed by atoms with Crippen LogP contribution in [0.15, 0.2) is 30.6 Å². The number of hydrogen-bond donors (Lipinski definition) is 2. The second-order valence-corrected chi connectivity index (χ2v) is 4.49. The summed E-state index contributed by atoms with van der Waals surface area (Å²) < 4.78 is 1.71. The van der Waals surface area contributed by atoms with Crippen LogP contribution in [0.4, 0.5) is 5.69 Å². The minimum absolute atomic E-state index is 0.187. The van der Waals surface area contributed by atoms with Crippen LogP contribution in [0, 0.1) is 0 Å². The van der Waals surface area contributed by atoms with Crippen molar-refractivity contribution < 1.29 is 4.79 Å². The lowest BCUT2D eigenvalue weighted by Gasteiger charge is -2.06. The van der Waals surface area contributed by atoms with Gasteiger partial charge in [-0.3, -0.25) is 9.48 Å². The number of nitrogens with two attached hydrogens (primary N) is 1. The quantitative estimate of drug-likeness (QED) is 0.639. The molecule has 0 saturated heterocycles. The van der Waals surface area contributed by atoms with Crippen molar-refractivity contribution >= 4 is 23.2 Å². The summed E-state index contributed by atoms with van der Waals surface area (Å²) in [5.74, 6) is -0.187. The average molecular weight is 280 g/mol. The number of hydrogen-bond acceptors (Lipinski definition) is 4. The van der Waals surface area contributed by atoms with Crippen molar-refractivity contribution in [1.29, 1.82) is 0 Å². The van der Waals surface area contributed by atoms with Gasteiger partial charge in [-0.25, -0.2) is 0 Å². The lowest BCUT2D eigenvalue weighted by Crippen LogP contribution is -2.25. The van der Waals surface area contributed by atoms with Gasteiger partial charge in [-0.05, 0) is 24.6 Å². The number of nitrogens with zero attached hydrogens (tertiary/aromatic N) is 3. The first-order valence-electron chi connectivity index (χ1n) is 5.83. The molecule has 0 spiro atoms. The maximum absolute atomic E-state index is 11.9. The van der Waals surface area contributed by atoms with Gasteiger partial charge in [0.15, 0.2) is 0 Å². The van der Waals surface area contributed by atoms with Gasteiger partial charge in [0.25, 0.3) is 5.91 Å². The molecule has 0 aliphatic rings. The Kier molecular flexibility index (Phi) is 4.35. The molecule has 2 rings (SSSR count). The fraction of sp³-hybridized carbons (Fsp3) is 0.250. The zero-order valence-corrected chi connectivity index (χ0v) is 11.0. The van der Waals surface area contributed by atoms with E-state index in [1.165, 1.54) is 0 Å². The predicted molar refractivity (Wildman–Crippen MR) is 72.8 cm³/mol. The summed E-state index contributed by atoms with van der Waals surface area (Å²) >= 11 is 5.84. The first-order chi connectivity index (χ1) is 9.15. The van der Waals surface area contributed by atoms with E-state index in [4.69, 9.17) is 17.3 Å². The first-order valence-corrected chi connectivity index (χ1v) is 6.21. The first kappa shape index (κ1) is 13.4. The molecule has 0 fully saturated rings. The third-order valence-corrected chi connectivity index (χ3v) is 2.72. The summed E-state index contributed by atoms with van der Waals surface area (Å²) in [4.78, 5) is 11.9. The van der Waals surface area contributed by atoms with E-state index >= 15 is 0 Å². The molecule has 0 saturated carbocycles. The van der Waals surface area contributed by atoms with Gasteiger partial charge in [-0.2, -0.15) is 0 Å². The minimum Gasteiger partial charge on any atom is -0.399 e. The van der Waals surface area contributed by atoms with Crippen LogP contribution in [0.1, 0.15) is 16.8 Å². The highest BCUT2D eigenvalue weighted by atomic mass is 35.5. The fourth-order valence-corrected chi connectivity index (χ4v) is 1.88. The Morgan fingerprint density at radius 3 is 2.95 bits per heavy atom. The van der Waals surface area contributed by atoms with E-state index in [1.54, 1.807) is 35.3 Å². The molecule has 100 valence electrons. The lowest BCUT2D eigenvalue weighted by atomic mass is 10.2. The number of aromatic nitrogens is 3. The zero-order valence-electron chi connectivity index (χ0n) is 10.2. The van der Waals surface area contributed by atoms with Gasteiger partial charge in [0.05, 0.1) is 6.20 Å². The van der Waals surface area contributed by atoms with E-state index in [9.17, 15) is 4.79 Å². The van der Waals surface area contributed by atoms with E-state index < -0.39 is 0 Å². The topological polar surface area (TPSA) is 85.8 Å². The molecule has 2 aromatic rings. The highest BCUT2D eigenvalue weighted by Crippen LogP contribution is 2.16. The molecule has 19 heavy (non-hydrogen) atoms. The summed E-state index contributed by atoms with van der Waals surface area (Å²) in [5.41, 5.74) is 6.57. The maximum Gasteiger partial charge on any atom is 0.251 e. The number of nitrogen functional groups attached to an aromatic ring is 1. The Labute approximate surface area is 115 Å². The van der Waals surface area contributed by atoms with Crippen molar-refractivity contribution in [3.05, 3.63) is 41.2 Å². The molecule has 1 aromatic heterocycles. The fourth-order valence-electron chi connectivity index (χ4n) is 1.64. The Bertz CT molecular complexity index is 535. The van der Waals surface area contributed by atoms with Crippen LogP contribution in [0.5, 0.6) is 0 Å². The zero-order chi connectivity index (χ0) is 13.7. The van der Waals surface area contributed by atoms with Crippen molar-refractivity contribution in [2.75, 3.05) is 12.3 Å². The molecule has 0 radical (unpaired) electrons. The van der Waals surface area contributed by atoms with Crippen LogP contribution in [0.3, 0.4) is 0 Å². The summed E-state index contributed by atoms with van der Waals surface area (Å²) in [5, 5.41) is 10.8. The highest BCUT2D eigenvalue weighted by Gasteiger charge is 2.06. The molecule has 0 aliphatic carbocycles. The van der Waals surface area contributed by atoms with Crippen LogP contribution in [-0.4, -0.2) is 27.4 Å². The summed E-state index contributed by atoms with van der Waals surface area (Å²) in [7, 11) is 0. The van der Waals surface area contributed by atoms with Gasteiger partial charge in [0.2, 0.25) is 0 Å². The van der Waals surface area contributed by atoms with E-state index in [0.717, 1.165) is 6.42 Å². The number of nitrogens with one attached hydrogen (secondary N) is 1. The molecule has 1 amide bonds. The molecule has 0 unspecified atom stereocenters. The van der Waals surface area contributed by atoms with Crippen molar-refractivity contribution in [2.45, 2.75) is 13.0 Å². The number of carbonyl (C=O) groups excluding carboxylic acids is 1. The molecule has 3 N–H and O–H groups in total. The van der Waals surface area contributed by atoms with Crippen LogP contribution < -0.4 is 11.1 Å². The summed E-state index contributed by atoms with van der Waals surface area (Å²) in [6.07, 6.45) is 4.16. The Morgan fingerprint density at radius 2 is 2.26 bits per heavy atom. The van der Waals surface area contributed by atoms with Crippen LogP contribution in [0.25, 0.3) is 0 Å². The molecule has 0 bridgehead atoms. The summed E-state index contributed by atoms with van der Waals surface area (Å²) in [6.45, 7) is 1.25. The van der Waals surface area contributed by atoms with Gasteiger partial charge >= 0.3 is 0 Å². The van der Waals surface area contributed by atoms with Crippen LogP contribution in [-0.2, 0) is 6.54 Å². The number of carbonyl (C=O) groups is 1. The lowest BCUT2D eigenvalue weighted by molar-refractivity contribution is 0.0952. The third-order valence-electron chi connectivity index (χ3n) is 2.50. The number of rotatable bonds is 5.